The average molecular weight is 382 g/mol. The van der Waals surface area contributed by atoms with Gasteiger partial charge in [0.05, 0.1) is 12.1 Å². The lowest BCUT2D eigenvalue weighted by molar-refractivity contribution is -0.119. The van der Waals surface area contributed by atoms with Crippen molar-refractivity contribution < 1.29 is 9.21 Å². The van der Waals surface area contributed by atoms with Crippen molar-refractivity contribution in [1.29, 1.82) is 0 Å². The SMILES string of the molecule is Cc1cc(CC(=O)C(c2ccc(-c3ncco3)cc2)c2ccccc2C)ccn1. The highest BCUT2D eigenvalue weighted by molar-refractivity contribution is 5.91. The van der Waals surface area contributed by atoms with Gasteiger partial charge < -0.3 is 4.42 Å². The molecule has 2 aromatic carbocycles. The molecule has 29 heavy (non-hydrogen) atoms. The molecule has 0 aliphatic carbocycles. The normalized spacial score (nSPS) is 11.9. The summed E-state index contributed by atoms with van der Waals surface area (Å²) in [5, 5.41) is 0. The van der Waals surface area contributed by atoms with Crippen LogP contribution in [0.25, 0.3) is 11.5 Å². The first-order valence-corrected chi connectivity index (χ1v) is 9.61. The van der Waals surface area contributed by atoms with Crippen molar-refractivity contribution in [3.8, 4) is 11.5 Å². The zero-order valence-corrected chi connectivity index (χ0v) is 16.5. The number of oxazole rings is 1. The molecule has 0 fully saturated rings. The summed E-state index contributed by atoms with van der Waals surface area (Å²) in [7, 11) is 0. The van der Waals surface area contributed by atoms with E-state index in [4.69, 9.17) is 4.42 Å². The van der Waals surface area contributed by atoms with E-state index in [1.165, 1.54) is 0 Å². The summed E-state index contributed by atoms with van der Waals surface area (Å²) < 4.78 is 5.38. The molecule has 4 aromatic rings. The first kappa shape index (κ1) is 18.8. The van der Waals surface area contributed by atoms with Crippen molar-refractivity contribution in [3.63, 3.8) is 0 Å². The average Bonchev–Trinajstić information content (AvgIpc) is 3.25. The fraction of sp³-hybridized carbons (Fsp3) is 0.160. The van der Waals surface area contributed by atoms with Crippen LogP contribution in [0.3, 0.4) is 0 Å². The predicted octanol–water partition coefficient (Wildman–Crippen LogP) is 5.30. The van der Waals surface area contributed by atoms with Crippen LogP contribution in [0.15, 0.2) is 83.7 Å². The maximum atomic E-state index is 13.4. The van der Waals surface area contributed by atoms with Crippen LogP contribution < -0.4 is 0 Å². The Labute approximate surface area is 170 Å². The molecule has 0 spiro atoms. The Morgan fingerprint density at radius 1 is 0.966 bits per heavy atom. The van der Waals surface area contributed by atoms with Crippen LogP contribution in [0.5, 0.6) is 0 Å². The van der Waals surface area contributed by atoms with Gasteiger partial charge in [0.15, 0.2) is 0 Å². The molecule has 0 bridgehead atoms. The summed E-state index contributed by atoms with van der Waals surface area (Å²) in [6.07, 6.45) is 5.30. The maximum Gasteiger partial charge on any atom is 0.225 e. The Bertz CT molecular complexity index is 1120. The second kappa shape index (κ2) is 8.23. The molecule has 2 heterocycles. The minimum Gasteiger partial charge on any atom is -0.445 e. The van der Waals surface area contributed by atoms with Gasteiger partial charge in [-0.25, -0.2) is 4.98 Å². The fourth-order valence-electron chi connectivity index (χ4n) is 3.65. The number of carbonyl (C=O) groups is 1. The number of hydrogen-bond donors (Lipinski definition) is 0. The smallest absolute Gasteiger partial charge is 0.225 e. The third-order valence-corrected chi connectivity index (χ3v) is 5.08. The van der Waals surface area contributed by atoms with Crippen LogP contribution >= 0.6 is 0 Å². The van der Waals surface area contributed by atoms with Gasteiger partial charge in [0.1, 0.15) is 12.0 Å². The number of Topliss-reactive ketones (excluding diaryl/α,β-unsaturated/α-hetero) is 1. The number of pyridine rings is 1. The summed E-state index contributed by atoms with van der Waals surface area (Å²) >= 11 is 0. The van der Waals surface area contributed by atoms with Gasteiger partial charge in [0.2, 0.25) is 5.89 Å². The van der Waals surface area contributed by atoms with E-state index in [-0.39, 0.29) is 11.7 Å². The molecule has 144 valence electrons. The molecular weight excluding hydrogens is 360 g/mol. The molecule has 0 saturated carbocycles. The minimum atomic E-state index is -0.330. The molecule has 0 radical (unpaired) electrons. The van der Waals surface area contributed by atoms with Crippen LogP contribution in [0, 0.1) is 13.8 Å². The lowest BCUT2D eigenvalue weighted by Crippen LogP contribution is -2.17. The number of aryl methyl sites for hydroxylation is 2. The van der Waals surface area contributed by atoms with Crippen LogP contribution in [0.1, 0.15) is 33.9 Å². The lowest BCUT2D eigenvalue weighted by atomic mass is 9.83. The van der Waals surface area contributed by atoms with E-state index < -0.39 is 0 Å². The molecule has 0 saturated heterocycles. The van der Waals surface area contributed by atoms with E-state index in [2.05, 4.69) is 9.97 Å². The maximum absolute atomic E-state index is 13.4. The van der Waals surface area contributed by atoms with Gasteiger partial charge in [0, 0.05) is 23.9 Å². The van der Waals surface area contributed by atoms with E-state index in [0.717, 1.165) is 33.5 Å². The summed E-state index contributed by atoms with van der Waals surface area (Å²) in [5.41, 5.74) is 5.89. The third kappa shape index (κ3) is 4.16. The van der Waals surface area contributed by atoms with Gasteiger partial charge in [-0.15, -0.1) is 0 Å². The number of carbonyl (C=O) groups excluding carboxylic acids is 1. The number of nitrogens with zero attached hydrogens (tertiary/aromatic N) is 2. The van der Waals surface area contributed by atoms with Crippen molar-refractivity contribution in [2.75, 3.05) is 0 Å². The quantitative estimate of drug-likeness (QED) is 0.454. The molecule has 4 rings (SSSR count). The van der Waals surface area contributed by atoms with Gasteiger partial charge in [-0.3, -0.25) is 9.78 Å². The van der Waals surface area contributed by atoms with Crippen LogP contribution in [-0.2, 0) is 11.2 Å². The summed E-state index contributed by atoms with van der Waals surface area (Å²) in [4.78, 5) is 21.9. The Hall–Kier alpha value is -3.53. The minimum absolute atomic E-state index is 0.161. The first-order chi connectivity index (χ1) is 14.1. The van der Waals surface area contributed by atoms with Crippen LogP contribution in [0.4, 0.5) is 0 Å². The standard InChI is InChI=1S/C25H22N2O2/c1-17-5-3-4-6-22(17)24(23(28)16-19-11-12-26-18(2)15-19)20-7-9-21(10-8-20)25-27-13-14-29-25/h3-15,24H,16H2,1-2H3. The van der Waals surface area contributed by atoms with E-state index >= 15 is 0 Å². The first-order valence-electron chi connectivity index (χ1n) is 9.61. The Morgan fingerprint density at radius 2 is 1.76 bits per heavy atom. The van der Waals surface area contributed by atoms with Gasteiger partial charge in [0.25, 0.3) is 0 Å². The second-order valence-electron chi connectivity index (χ2n) is 7.20. The van der Waals surface area contributed by atoms with Gasteiger partial charge >= 0.3 is 0 Å². The highest BCUT2D eigenvalue weighted by atomic mass is 16.3. The predicted molar refractivity (Wildman–Crippen MR) is 113 cm³/mol. The van der Waals surface area contributed by atoms with E-state index in [1.807, 2.05) is 74.5 Å². The molecule has 1 atom stereocenters. The van der Waals surface area contributed by atoms with E-state index in [1.54, 1.807) is 18.7 Å². The van der Waals surface area contributed by atoms with Crippen LogP contribution in [0.2, 0.25) is 0 Å². The molecule has 4 heteroatoms. The number of benzene rings is 2. The molecular formula is C25H22N2O2. The van der Waals surface area contributed by atoms with Crippen molar-refractivity contribution in [2.45, 2.75) is 26.2 Å². The molecule has 2 aromatic heterocycles. The summed E-state index contributed by atoms with van der Waals surface area (Å²) in [5.74, 6) is 0.402. The van der Waals surface area contributed by atoms with Crippen molar-refractivity contribution in [2.24, 2.45) is 0 Å². The number of rotatable bonds is 6. The third-order valence-electron chi connectivity index (χ3n) is 5.08. The van der Waals surface area contributed by atoms with Gasteiger partial charge in [-0.1, -0.05) is 36.4 Å². The van der Waals surface area contributed by atoms with Crippen molar-refractivity contribution in [1.82, 2.24) is 9.97 Å². The highest BCUT2D eigenvalue weighted by Crippen LogP contribution is 2.31. The summed E-state index contributed by atoms with van der Waals surface area (Å²) in [6, 6.07) is 19.8. The zero-order chi connectivity index (χ0) is 20.2. The Balaban J connectivity index is 1.71. The number of ketones is 1. The molecule has 0 N–H and O–H groups in total. The van der Waals surface area contributed by atoms with Crippen LogP contribution in [-0.4, -0.2) is 15.8 Å². The van der Waals surface area contributed by atoms with Crippen molar-refractivity contribution in [3.05, 3.63) is 107 Å². The van der Waals surface area contributed by atoms with Gasteiger partial charge in [-0.2, -0.15) is 0 Å². The second-order valence-corrected chi connectivity index (χ2v) is 7.20. The molecule has 0 amide bonds. The van der Waals surface area contributed by atoms with E-state index in [9.17, 15) is 4.79 Å². The van der Waals surface area contributed by atoms with Gasteiger partial charge in [-0.05, 0) is 60.4 Å². The monoisotopic (exact) mass is 382 g/mol. The van der Waals surface area contributed by atoms with Crippen molar-refractivity contribution >= 4 is 5.78 Å². The number of hydrogen-bond acceptors (Lipinski definition) is 4. The molecule has 4 nitrogen and oxygen atoms in total. The Morgan fingerprint density at radius 3 is 2.45 bits per heavy atom. The number of aromatic nitrogens is 2. The Kier molecular flexibility index (Phi) is 5.34. The topological polar surface area (TPSA) is 56.0 Å². The highest BCUT2D eigenvalue weighted by Gasteiger charge is 2.24. The molecule has 0 aliphatic rings. The molecule has 1 unspecified atom stereocenters. The lowest BCUT2D eigenvalue weighted by Gasteiger charge is -2.19. The summed E-state index contributed by atoms with van der Waals surface area (Å²) in [6.45, 7) is 3.99. The zero-order valence-electron chi connectivity index (χ0n) is 16.5. The van der Waals surface area contributed by atoms with E-state index in [0.29, 0.717) is 12.3 Å². The molecule has 0 aliphatic heterocycles. The fourth-order valence-corrected chi connectivity index (χ4v) is 3.65. The largest absolute Gasteiger partial charge is 0.445 e.